The number of amides is 1. The fourth-order valence-electron chi connectivity index (χ4n) is 3.05. The van der Waals surface area contributed by atoms with Gasteiger partial charge in [0.15, 0.2) is 0 Å². The largest absolute Gasteiger partial charge is 0.373 e. The van der Waals surface area contributed by atoms with Gasteiger partial charge in [-0.3, -0.25) is 4.79 Å². The van der Waals surface area contributed by atoms with Gasteiger partial charge in [-0.05, 0) is 42.7 Å². The lowest BCUT2D eigenvalue weighted by Crippen LogP contribution is -2.40. The van der Waals surface area contributed by atoms with Crippen LogP contribution in [0.4, 0.5) is 4.39 Å². The van der Waals surface area contributed by atoms with E-state index in [2.05, 4.69) is 0 Å². The molecule has 0 N–H and O–H groups in total. The highest BCUT2D eigenvalue weighted by Gasteiger charge is 2.24. The summed E-state index contributed by atoms with van der Waals surface area (Å²) in [6.07, 6.45) is 1.38. The van der Waals surface area contributed by atoms with Gasteiger partial charge in [-0.15, -0.1) is 0 Å². The first kappa shape index (κ1) is 18.4. The maximum atomic E-state index is 13.6. The molecule has 134 valence electrons. The molecule has 0 aliphatic carbocycles. The van der Waals surface area contributed by atoms with Gasteiger partial charge in [0.2, 0.25) is 0 Å². The number of rotatable bonds is 4. The molecular formula is C20H18ClFN2O2. The number of carbonyl (C=O) groups excluding carboxylic acids is 1. The zero-order chi connectivity index (χ0) is 18.5. The van der Waals surface area contributed by atoms with E-state index in [1.54, 1.807) is 41.3 Å². The molecule has 1 heterocycles. The van der Waals surface area contributed by atoms with Gasteiger partial charge in [0, 0.05) is 23.7 Å². The molecule has 3 rings (SSSR count). The molecule has 0 bridgehead atoms. The molecule has 0 aromatic heterocycles. The third-order valence-corrected chi connectivity index (χ3v) is 4.72. The second-order valence-electron chi connectivity index (χ2n) is 6.20. The van der Waals surface area contributed by atoms with Crippen LogP contribution in [0.3, 0.4) is 0 Å². The number of halogens is 2. The van der Waals surface area contributed by atoms with Gasteiger partial charge < -0.3 is 9.64 Å². The van der Waals surface area contributed by atoms with E-state index in [0.717, 1.165) is 0 Å². The van der Waals surface area contributed by atoms with Crippen molar-refractivity contribution < 1.29 is 13.9 Å². The van der Waals surface area contributed by atoms with Crippen LogP contribution in [0.15, 0.2) is 42.5 Å². The van der Waals surface area contributed by atoms with E-state index >= 15 is 0 Å². The summed E-state index contributed by atoms with van der Waals surface area (Å²) in [5.74, 6) is -0.571. The van der Waals surface area contributed by atoms with Crippen LogP contribution in [-0.2, 0) is 11.3 Å². The van der Waals surface area contributed by atoms with Crippen molar-refractivity contribution in [2.24, 2.45) is 0 Å². The quantitative estimate of drug-likeness (QED) is 0.809. The summed E-state index contributed by atoms with van der Waals surface area (Å²) < 4.78 is 19.5. The second kappa shape index (κ2) is 8.31. The van der Waals surface area contributed by atoms with Crippen molar-refractivity contribution >= 4 is 17.5 Å². The van der Waals surface area contributed by atoms with Crippen molar-refractivity contribution in [1.29, 1.82) is 5.26 Å². The van der Waals surface area contributed by atoms with E-state index in [1.807, 2.05) is 6.07 Å². The van der Waals surface area contributed by atoms with Crippen molar-refractivity contribution in [2.45, 2.75) is 25.6 Å². The minimum Gasteiger partial charge on any atom is -0.373 e. The van der Waals surface area contributed by atoms with Crippen molar-refractivity contribution in [3.8, 4) is 6.07 Å². The number of nitriles is 1. The molecule has 0 unspecified atom stereocenters. The number of likely N-dealkylation sites (tertiary alicyclic amines) is 1. The highest BCUT2D eigenvalue weighted by molar-refractivity contribution is 6.30. The fraction of sp³-hybridized carbons (Fsp3) is 0.300. The van der Waals surface area contributed by atoms with Gasteiger partial charge in [0.1, 0.15) is 11.9 Å². The molecular weight excluding hydrogens is 355 g/mol. The number of nitrogens with zero attached hydrogens (tertiary/aromatic N) is 2. The summed E-state index contributed by atoms with van der Waals surface area (Å²) in [6.45, 7) is 1.36. The summed E-state index contributed by atoms with van der Waals surface area (Å²) >= 11 is 5.95. The van der Waals surface area contributed by atoms with Crippen LogP contribution in [-0.4, -0.2) is 30.0 Å². The molecule has 1 aliphatic heterocycles. The molecule has 0 radical (unpaired) electrons. The van der Waals surface area contributed by atoms with Gasteiger partial charge in [-0.2, -0.15) is 5.26 Å². The van der Waals surface area contributed by atoms with Crippen LogP contribution >= 0.6 is 11.6 Å². The molecule has 0 saturated carbocycles. The van der Waals surface area contributed by atoms with E-state index in [1.165, 1.54) is 6.07 Å². The normalized spacial score (nSPS) is 14.9. The topological polar surface area (TPSA) is 53.3 Å². The van der Waals surface area contributed by atoms with Gasteiger partial charge in [0.25, 0.3) is 5.91 Å². The van der Waals surface area contributed by atoms with Crippen LogP contribution in [0.2, 0.25) is 5.02 Å². The number of ether oxygens (including phenoxy) is 1. The van der Waals surface area contributed by atoms with Gasteiger partial charge in [-0.1, -0.05) is 29.8 Å². The first-order valence-electron chi connectivity index (χ1n) is 8.42. The maximum Gasteiger partial charge on any atom is 0.253 e. The standard InChI is InChI=1S/C20H18ClFN2O2/c21-16-5-1-3-14(11-16)20(25)24-9-7-17(8-10-24)26-13-15-4-2-6-19(22)18(15)12-23/h1-6,11,17H,7-10,13H2. The highest BCUT2D eigenvalue weighted by atomic mass is 35.5. The van der Waals surface area contributed by atoms with Crippen LogP contribution in [0.25, 0.3) is 0 Å². The second-order valence-corrected chi connectivity index (χ2v) is 6.64. The molecule has 0 atom stereocenters. The monoisotopic (exact) mass is 372 g/mol. The zero-order valence-electron chi connectivity index (χ0n) is 14.1. The lowest BCUT2D eigenvalue weighted by Gasteiger charge is -2.32. The van der Waals surface area contributed by atoms with Crippen LogP contribution in [0, 0.1) is 17.1 Å². The Morgan fingerprint density at radius 2 is 2.00 bits per heavy atom. The summed E-state index contributed by atoms with van der Waals surface area (Å²) in [5, 5.41) is 9.60. The minimum absolute atomic E-state index is 0.0202. The first-order chi connectivity index (χ1) is 12.6. The van der Waals surface area contributed by atoms with E-state index < -0.39 is 5.82 Å². The summed E-state index contributed by atoms with van der Waals surface area (Å²) in [7, 11) is 0. The number of hydrogen-bond acceptors (Lipinski definition) is 3. The van der Waals surface area contributed by atoms with Crippen LogP contribution in [0.5, 0.6) is 0 Å². The summed E-state index contributed by atoms with van der Waals surface area (Å²) in [4.78, 5) is 14.3. The van der Waals surface area contributed by atoms with Crippen molar-refractivity contribution in [3.05, 3.63) is 70.0 Å². The Morgan fingerprint density at radius 3 is 2.69 bits per heavy atom. The lowest BCUT2D eigenvalue weighted by molar-refractivity contribution is -0.000536. The molecule has 1 saturated heterocycles. The smallest absolute Gasteiger partial charge is 0.253 e. The summed E-state index contributed by atoms with van der Waals surface area (Å²) in [5.41, 5.74) is 1.15. The van der Waals surface area contributed by atoms with Crippen LogP contribution in [0.1, 0.15) is 34.3 Å². The molecule has 1 amide bonds. The van der Waals surface area contributed by atoms with Crippen LogP contribution < -0.4 is 0 Å². The predicted molar refractivity (Wildman–Crippen MR) is 96.3 cm³/mol. The number of piperidine rings is 1. The van der Waals surface area contributed by atoms with E-state index in [0.29, 0.717) is 42.1 Å². The third kappa shape index (κ3) is 4.21. The van der Waals surface area contributed by atoms with Gasteiger partial charge in [0.05, 0.1) is 18.3 Å². The average molecular weight is 373 g/mol. The van der Waals surface area contributed by atoms with Crippen molar-refractivity contribution in [2.75, 3.05) is 13.1 Å². The number of hydrogen-bond donors (Lipinski definition) is 0. The number of benzene rings is 2. The third-order valence-electron chi connectivity index (χ3n) is 4.49. The molecule has 2 aromatic carbocycles. The minimum atomic E-state index is -0.532. The van der Waals surface area contributed by atoms with Gasteiger partial charge >= 0.3 is 0 Å². The molecule has 26 heavy (non-hydrogen) atoms. The van der Waals surface area contributed by atoms with Crippen molar-refractivity contribution in [1.82, 2.24) is 4.90 Å². The Bertz CT molecular complexity index is 842. The zero-order valence-corrected chi connectivity index (χ0v) is 14.9. The highest BCUT2D eigenvalue weighted by Crippen LogP contribution is 2.20. The first-order valence-corrected chi connectivity index (χ1v) is 8.80. The predicted octanol–water partition coefficient (Wildman–Crippen LogP) is 4.17. The Morgan fingerprint density at radius 1 is 1.27 bits per heavy atom. The fourth-order valence-corrected chi connectivity index (χ4v) is 3.24. The van der Waals surface area contributed by atoms with E-state index in [-0.39, 0.29) is 24.2 Å². The molecule has 0 spiro atoms. The lowest BCUT2D eigenvalue weighted by atomic mass is 10.1. The molecule has 1 fully saturated rings. The molecule has 2 aromatic rings. The molecule has 6 heteroatoms. The van der Waals surface area contributed by atoms with Crippen molar-refractivity contribution in [3.63, 3.8) is 0 Å². The Hall–Kier alpha value is -2.42. The maximum absolute atomic E-state index is 13.6. The molecule has 1 aliphatic rings. The van der Waals surface area contributed by atoms with E-state index in [9.17, 15) is 9.18 Å². The Balaban J connectivity index is 1.54. The average Bonchev–Trinajstić information content (AvgIpc) is 2.66. The van der Waals surface area contributed by atoms with Gasteiger partial charge in [-0.25, -0.2) is 4.39 Å². The Labute approximate surface area is 156 Å². The molecule has 4 nitrogen and oxygen atoms in total. The SMILES string of the molecule is N#Cc1c(F)cccc1COC1CCN(C(=O)c2cccc(Cl)c2)CC1. The van der Waals surface area contributed by atoms with E-state index in [4.69, 9.17) is 21.6 Å². The Kier molecular flexibility index (Phi) is 5.87. The number of carbonyl (C=O) groups is 1. The summed E-state index contributed by atoms with van der Waals surface area (Å²) in [6, 6.07) is 13.3.